The van der Waals surface area contributed by atoms with E-state index in [1.165, 1.54) is 0 Å². The predicted molar refractivity (Wildman–Crippen MR) is 86.6 cm³/mol. The average Bonchev–Trinajstić information content (AvgIpc) is 2.87. The summed E-state index contributed by atoms with van der Waals surface area (Å²) < 4.78 is 8.20. The van der Waals surface area contributed by atoms with Crippen molar-refractivity contribution < 1.29 is 9.84 Å². The number of benzene rings is 1. The van der Waals surface area contributed by atoms with Gasteiger partial charge in [0.15, 0.2) is 0 Å². The van der Waals surface area contributed by atoms with E-state index >= 15 is 0 Å². The van der Waals surface area contributed by atoms with E-state index in [9.17, 15) is 5.11 Å². The van der Waals surface area contributed by atoms with Crippen molar-refractivity contribution in [3.05, 3.63) is 46.2 Å². The minimum Gasteiger partial charge on any atom is -0.494 e. The molecule has 5 heteroatoms. The fraction of sp³-hybridized carbons (Fsp3) is 0.438. The van der Waals surface area contributed by atoms with Crippen molar-refractivity contribution in [1.29, 1.82) is 0 Å². The van der Waals surface area contributed by atoms with Crippen LogP contribution in [0.25, 0.3) is 0 Å². The highest BCUT2D eigenvalue weighted by Crippen LogP contribution is 2.31. The van der Waals surface area contributed by atoms with E-state index in [1.807, 2.05) is 42.8 Å². The molecule has 1 aromatic carbocycles. The Morgan fingerprint density at radius 3 is 2.52 bits per heavy atom. The molecule has 0 fully saturated rings. The molecule has 4 nitrogen and oxygen atoms in total. The molecule has 0 aliphatic heterocycles. The van der Waals surface area contributed by atoms with Crippen LogP contribution in [0, 0.1) is 0 Å². The standard InChI is InChI=1S/C16H21BrN2O2/c1-4-9-21-13-7-5-12(6-8-13)16(20)15-14(17)10-18-19(15)11(2)3/h5-8,10-11,16,20H,4,9H2,1-3H3. The van der Waals surface area contributed by atoms with Crippen LogP contribution in [0.2, 0.25) is 0 Å². The summed E-state index contributed by atoms with van der Waals surface area (Å²) in [7, 11) is 0. The minimum absolute atomic E-state index is 0.188. The third-order valence-electron chi connectivity index (χ3n) is 3.20. The van der Waals surface area contributed by atoms with Gasteiger partial charge in [-0.05, 0) is 53.9 Å². The van der Waals surface area contributed by atoms with Crippen LogP contribution in [0.15, 0.2) is 34.9 Å². The molecule has 0 saturated carbocycles. The third kappa shape index (κ3) is 3.66. The molecule has 0 aliphatic carbocycles. The van der Waals surface area contributed by atoms with Crippen LogP contribution < -0.4 is 4.74 Å². The molecule has 1 aromatic heterocycles. The summed E-state index contributed by atoms with van der Waals surface area (Å²) in [6.45, 7) is 6.85. The molecule has 1 unspecified atom stereocenters. The van der Waals surface area contributed by atoms with Crippen LogP contribution in [0.3, 0.4) is 0 Å². The molecule has 2 rings (SSSR count). The number of nitrogens with zero attached hydrogens (tertiary/aromatic N) is 2. The summed E-state index contributed by atoms with van der Waals surface area (Å²) in [5.74, 6) is 0.823. The maximum absolute atomic E-state index is 10.6. The van der Waals surface area contributed by atoms with Crippen LogP contribution in [-0.4, -0.2) is 21.5 Å². The lowest BCUT2D eigenvalue weighted by molar-refractivity contribution is 0.204. The van der Waals surface area contributed by atoms with Crippen molar-refractivity contribution in [1.82, 2.24) is 9.78 Å². The predicted octanol–water partition coefficient (Wildman–Crippen LogP) is 4.10. The summed E-state index contributed by atoms with van der Waals surface area (Å²) >= 11 is 3.46. The summed E-state index contributed by atoms with van der Waals surface area (Å²) in [5.41, 5.74) is 1.59. The van der Waals surface area contributed by atoms with Crippen molar-refractivity contribution in [3.8, 4) is 5.75 Å². The molecular weight excluding hydrogens is 332 g/mol. The number of aliphatic hydroxyl groups is 1. The SMILES string of the molecule is CCCOc1ccc(C(O)c2c(Br)cnn2C(C)C)cc1. The first-order valence-electron chi connectivity index (χ1n) is 7.18. The second-order valence-electron chi connectivity index (χ2n) is 5.24. The Balaban J connectivity index is 2.24. The first-order valence-corrected chi connectivity index (χ1v) is 7.97. The summed E-state index contributed by atoms with van der Waals surface area (Å²) in [6.07, 6.45) is 1.98. The van der Waals surface area contributed by atoms with Gasteiger partial charge < -0.3 is 9.84 Å². The van der Waals surface area contributed by atoms with E-state index in [0.717, 1.165) is 27.9 Å². The fourth-order valence-corrected chi connectivity index (χ4v) is 2.63. The smallest absolute Gasteiger partial charge is 0.122 e. The van der Waals surface area contributed by atoms with Crippen molar-refractivity contribution in [2.45, 2.75) is 39.3 Å². The van der Waals surface area contributed by atoms with E-state index in [-0.39, 0.29) is 6.04 Å². The zero-order valence-electron chi connectivity index (χ0n) is 12.6. The molecule has 1 atom stereocenters. The molecule has 21 heavy (non-hydrogen) atoms. The molecule has 114 valence electrons. The number of halogens is 1. The Kier molecular flexibility index (Phi) is 5.42. The Bertz CT molecular complexity index is 578. The maximum atomic E-state index is 10.6. The number of hydrogen-bond acceptors (Lipinski definition) is 3. The molecule has 2 aromatic rings. The second kappa shape index (κ2) is 7.09. The van der Waals surface area contributed by atoms with E-state index in [2.05, 4.69) is 28.0 Å². The van der Waals surface area contributed by atoms with Crippen LogP contribution in [-0.2, 0) is 0 Å². The van der Waals surface area contributed by atoms with Gasteiger partial charge in [-0.3, -0.25) is 4.68 Å². The summed E-state index contributed by atoms with van der Waals surface area (Å²) in [5, 5.41) is 14.9. The van der Waals surface area contributed by atoms with Crippen LogP contribution in [0.5, 0.6) is 5.75 Å². The first-order chi connectivity index (χ1) is 10.0. The van der Waals surface area contributed by atoms with Crippen LogP contribution in [0.4, 0.5) is 0 Å². The van der Waals surface area contributed by atoms with Crippen molar-refractivity contribution >= 4 is 15.9 Å². The molecule has 1 heterocycles. The number of aromatic nitrogens is 2. The third-order valence-corrected chi connectivity index (χ3v) is 3.81. The maximum Gasteiger partial charge on any atom is 0.122 e. The molecule has 0 spiro atoms. The molecule has 0 bridgehead atoms. The average molecular weight is 353 g/mol. The topological polar surface area (TPSA) is 47.3 Å². The van der Waals surface area contributed by atoms with Gasteiger partial charge in [0.25, 0.3) is 0 Å². The van der Waals surface area contributed by atoms with Crippen molar-refractivity contribution in [3.63, 3.8) is 0 Å². The fourth-order valence-electron chi connectivity index (χ4n) is 2.14. The van der Waals surface area contributed by atoms with Gasteiger partial charge in [-0.1, -0.05) is 19.1 Å². The van der Waals surface area contributed by atoms with Gasteiger partial charge in [-0.15, -0.1) is 0 Å². The van der Waals surface area contributed by atoms with Gasteiger partial charge in [0.05, 0.1) is 23.0 Å². The van der Waals surface area contributed by atoms with E-state index in [0.29, 0.717) is 6.61 Å². The minimum atomic E-state index is -0.718. The summed E-state index contributed by atoms with van der Waals surface area (Å²) in [4.78, 5) is 0. The van der Waals surface area contributed by atoms with Gasteiger partial charge in [-0.25, -0.2) is 0 Å². The molecule has 1 N–H and O–H groups in total. The normalized spacial score (nSPS) is 12.7. The Morgan fingerprint density at radius 2 is 1.95 bits per heavy atom. The lowest BCUT2D eigenvalue weighted by Crippen LogP contribution is -2.12. The van der Waals surface area contributed by atoms with Crippen molar-refractivity contribution in [2.24, 2.45) is 0 Å². The molecule has 0 radical (unpaired) electrons. The quantitative estimate of drug-likeness (QED) is 0.851. The monoisotopic (exact) mass is 352 g/mol. The number of rotatable bonds is 6. The highest BCUT2D eigenvalue weighted by Gasteiger charge is 2.20. The molecular formula is C16H21BrN2O2. The Labute approximate surface area is 133 Å². The number of ether oxygens (including phenoxy) is 1. The Morgan fingerprint density at radius 1 is 1.29 bits per heavy atom. The van der Waals surface area contributed by atoms with Gasteiger partial charge >= 0.3 is 0 Å². The van der Waals surface area contributed by atoms with Crippen LogP contribution >= 0.6 is 15.9 Å². The largest absolute Gasteiger partial charge is 0.494 e. The van der Waals surface area contributed by atoms with Gasteiger partial charge in [0.2, 0.25) is 0 Å². The van der Waals surface area contributed by atoms with Crippen LogP contribution in [0.1, 0.15) is 50.6 Å². The highest BCUT2D eigenvalue weighted by atomic mass is 79.9. The molecule has 0 amide bonds. The lowest BCUT2D eigenvalue weighted by Gasteiger charge is -2.17. The van der Waals surface area contributed by atoms with Gasteiger partial charge in [-0.2, -0.15) is 5.10 Å². The highest BCUT2D eigenvalue weighted by molar-refractivity contribution is 9.10. The molecule has 0 aliphatic rings. The zero-order chi connectivity index (χ0) is 15.4. The zero-order valence-corrected chi connectivity index (χ0v) is 14.2. The van der Waals surface area contributed by atoms with Crippen molar-refractivity contribution in [2.75, 3.05) is 6.61 Å². The summed E-state index contributed by atoms with van der Waals surface area (Å²) in [6, 6.07) is 7.74. The molecule has 0 saturated heterocycles. The second-order valence-corrected chi connectivity index (χ2v) is 6.09. The van der Waals surface area contributed by atoms with Gasteiger partial charge in [0.1, 0.15) is 11.9 Å². The Hall–Kier alpha value is -1.33. The van der Waals surface area contributed by atoms with E-state index in [1.54, 1.807) is 6.20 Å². The number of aliphatic hydroxyl groups excluding tert-OH is 1. The van der Waals surface area contributed by atoms with Gasteiger partial charge in [0, 0.05) is 6.04 Å². The van der Waals surface area contributed by atoms with E-state index < -0.39 is 6.10 Å². The first kappa shape index (κ1) is 16.0. The number of hydrogen-bond donors (Lipinski definition) is 1. The van der Waals surface area contributed by atoms with E-state index in [4.69, 9.17) is 4.74 Å². The lowest BCUT2D eigenvalue weighted by atomic mass is 10.1.